The van der Waals surface area contributed by atoms with Gasteiger partial charge in [0.2, 0.25) is 0 Å². The molecule has 7 rings (SSSR count). The summed E-state index contributed by atoms with van der Waals surface area (Å²) in [4.78, 5) is 8.68. The molecule has 6 nitrogen and oxygen atoms in total. The zero-order valence-electron chi connectivity index (χ0n) is 19.2. The Balaban J connectivity index is 1.39. The van der Waals surface area contributed by atoms with E-state index in [4.69, 9.17) is 0 Å². The maximum absolute atomic E-state index is 4.57. The summed E-state index contributed by atoms with van der Waals surface area (Å²) in [5.74, 6) is 1.39. The van der Waals surface area contributed by atoms with Crippen LogP contribution in [-0.2, 0) is 0 Å². The molecule has 36 heavy (non-hydrogen) atoms. The largest absolute Gasteiger partial charge is 0.309 e. The van der Waals surface area contributed by atoms with Gasteiger partial charge in [0.25, 0.3) is 0 Å². The van der Waals surface area contributed by atoms with Gasteiger partial charge >= 0.3 is 0 Å². The number of hydrogen-bond donors (Lipinski definition) is 0. The molecule has 0 radical (unpaired) electrons. The minimum atomic E-state index is 0.649. The van der Waals surface area contributed by atoms with Gasteiger partial charge in [-0.3, -0.25) is 9.55 Å². The van der Waals surface area contributed by atoms with E-state index in [0.717, 1.165) is 22.8 Å². The summed E-state index contributed by atoms with van der Waals surface area (Å²) in [7, 11) is 0. The highest BCUT2D eigenvalue weighted by Gasteiger charge is 2.18. The monoisotopic (exact) mass is 464 g/mol. The van der Waals surface area contributed by atoms with Crippen molar-refractivity contribution in [1.29, 1.82) is 0 Å². The van der Waals surface area contributed by atoms with Crippen LogP contribution in [0.4, 0.5) is 0 Å². The topological polar surface area (TPSA) is 61.4 Å². The van der Waals surface area contributed by atoms with Crippen LogP contribution in [0.25, 0.3) is 56.1 Å². The van der Waals surface area contributed by atoms with Crippen LogP contribution in [0.15, 0.2) is 122 Å². The van der Waals surface area contributed by atoms with Gasteiger partial charge in [-0.25, -0.2) is 4.98 Å². The van der Waals surface area contributed by atoms with Crippen LogP contribution in [0.2, 0.25) is 0 Å². The van der Waals surface area contributed by atoms with Gasteiger partial charge in [-0.1, -0.05) is 54.6 Å². The zero-order chi connectivity index (χ0) is 23.9. The molecule has 0 spiro atoms. The average Bonchev–Trinajstić information content (AvgIpc) is 3.54. The molecular weight excluding hydrogens is 444 g/mol. The predicted molar refractivity (Wildman–Crippen MR) is 142 cm³/mol. The van der Waals surface area contributed by atoms with Crippen LogP contribution in [0, 0.1) is 0 Å². The molecule has 0 N–H and O–H groups in total. The summed E-state index contributed by atoms with van der Waals surface area (Å²) in [6.45, 7) is 0. The Morgan fingerprint density at radius 2 is 1.11 bits per heavy atom. The lowest BCUT2D eigenvalue weighted by Crippen LogP contribution is -2.01. The molecule has 0 aliphatic rings. The SMILES string of the molecule is c1ccc(-n2c(-c3ccc(-n4c5ccccc5c5ccccc54)cc3)nnc2-c2cnccn2)cc1. The van der Waals surface area contributed by atoms with E-state index in [2.05, 4.69) is 97.5 Å². The van der Waals surface area contributed by atoms with Gasteiger partial charge in [0.1, 0.15) is 5.69 Å². The van der Waals surface area contributed by atoms with Crippen molar-refractivity contribution < 1.29 is 0 Å². The summed E-state index contributed by atoms with van der Waals surface area (Å²) < 4.78 is 4.33. The Hall–Kier alpha value is -5.10. The number of benzene rings is 4. The van der Waals surface area contributed by atoms with Gasteiger partial charge in [0.15, 0.2) is 11.6 Å². The van der Waals surface area contributed by atoms with Gasteiger partial charge in [0.05, 0.1) is 17.2 Å². The lowest BCUT2D eigenvalue weighted by atomic mass is 10.1. The molecule has 0 fully saturated rings. The third-order valence-electron chi connectivity index (χ3n) is 6.43. The van der Waals surface area contributed by atoms with E-state index in [1.807, 2.05) is 34.9 Å². The van der Waals surface area contributed by atoms with Crippen LogP contribution in [0.3, 0.4) is 0 Å². The number of fused-ring (bicyclic) bond motifs is 3. The van der Waals surface area contributed by atoms with Crippen molar-refractivity contribution >= 4 is 21.8 Å². The fourth-order valence-corrected chi connectivity index (χ4v) is 4.83. The van der Waals surface area contributed by atoms with Crippen molar-refractivity contribution in [2.75, 3.05) is 0 Å². The van der Waals surface area contributed by atoms with Crippen molar-refractivity contribution in [3.8, 4) is 34.3 Å². The third-order valence-corrected chi connectivity index (χ3v) is 6.43. The lowest BCUT2D eigenvalue weighted by Gasteiger charge is -2.12. The molecule has 0 unspecified atom stereocenters. The van der Waals surface area contributed by atoms with E-state index in [1.54, 1.807) is 18.6 Å². The third kappa shape index (κ3) is 3.20. The Kier molecular flexibility index (Phi) is 4.67. The smallest absolute Gasteiger partial charge is 0.189 e. The molecule has 3 aromatic heterocycles. The van der Waals surface area contributed by atoms with Gasteiger partial charge < -0.3 is 4.57 Å². The van der Waals surface area contributed by atoms with Crippen molar-refractivity contribution in [2.45, 2.75) is 0 Å². The number of rotatable bonds is 4. The minimum Gasteiger partial charge on any atom is -0.309 e. The minimum absolute atomic E-state index is 0.649. The fraction of sp³-hybridized carbons (Fsp3) is 0. The standard InChI is InChI=1S/C30H20N6/c1-2-8-22(9-3-1)36-29(33-34-30(36)26-20-31-18-19-32-26)21-14-16-23(17-15-21)35-27-12-6-4-10-24(27)25-11-5-7-13-28(25)35/h1-20H. The molecule has 0 saturated heterocycles. The average molecular weight is 465 g/mol. The fourth-order valence-electron chi connectivity index (χ4n) is 4.83. The van der Waals surface area contributed by atoms with Gasteiger partial charge in [-0.2, -0.15) is 0 Å². The molecule has 0 aliphatic heterocycles. The predicted octanol–water partition coefficient (Wildman–Crippen LogP) is 6.49. The maximum Gasteiger partial charge on any atom is 0.189 e. The molecule has 6 heteroatoms. The van der Waals surface area contributed by atoms with E-state index in [9.17, 15) is 0 Å². The first-order chi connectivity index (χ1) is 17.9. The summed E-state index contributed by atoms with van der Waals surface area (Å²) in [6.07, 6.45) is 5.03. The number of nitrogens with zero attached hydrogens (tertiary/aromatic N) is 6. The normalized spacial score (nSPS) is 11.3. The summed E-state index contributed by atoms with van der Waals surface area (Å²) >= 11 is 0. The van der Waals surface area contributed by atoms with Crippen LogP contribution in [0.5, 0.6) is 0 Å². The zero-order valence-corrected chi connectivity index (χ0v) is 19.2. The number of aromatic nitrogens is 6. The molecule has 7 aromatic rings. The van der Waals surface area contributed by atoms with E-state index in [0.29, 0.717) is 11.5 Å². The van der Waals surface area contributed by atoms with Crippen LogP contribution in [0.1, 0.15) is 0 Å². The van der Waals surface area contributed by atoms with Gasteiger partial charge in [0, 0.05) is 40.1 Å². The van der Waals surface area contributed by atoms with Gasteiger partial charge in [-0.15, -0.1) is 10.2 Å². The Bertz CT molecular complexity index is 1760. The Morgan fingerprint density at radius 1 is 0.500 bits per heavy atom. The summed E-state index contributed by atoms with van der Waals surface area (Å²) in [5.41, 5.74) is 6.06. The summed E-state index contributed by atoms with van der Waals surface area (Å²) in [5, 5.41) is 11.6. The molecular formula is C30H20N6. The second-order valence-corrected chi connectivity index (χ2v) is 8.53. The second-order valence-electron chi connectivity index (χ2n) is 8.53. The molecule has 0 saturated carbocycles. The molecule has 0 atom stereocenters. The highest BCUT2D eigenvalue weighted by Crippen LogP contribution is 2.33. The van der Waals surface area contributed by atoms with Crippen LogP contribution in [-0.4, -0.2) is 29.3 Å². The van der Waals surface area contributed by atoms with E-state index in [1.165, 1.54) is 21.8 Å². The highest BCUT2D eigenvalue weighted by molar-refractivity contribution is 6.09. The highest BCUT2D eigenvalue weighted by atomic mass is 15.3. The lowest BCUT2D eigenvalue weighted by molar-refractivity contribution is 1.04. The van der Waals surface area contributed by atoms with Crippen molar-refractivity contribution in [1.82, 2.24) is 29.3 Å². The van der Waals surface area contributed by atoms with Crippen molar-refractivity contribution in [3.63, 3.8) is 0 Å². The molecule has 170 valence electrons. The number of hydrogen-bond acceptors (Lipinski definition) is 4. The van der Waals surface area contributed by atoms with E-state index in [-0.39, 0.29) is 0 Å². The molecule has 0 bridgehead atoms. The van der Waals surface area contributed by atoms with Crippen LogP contribution < -0.4 is 0 Å². The quantitative estimate of drug-likeness (QED) is 0.299. The van der Waals surface area contributed by atoms with E-state index >= 15 is 0 Å². The van der Waals surface area contributed by atoms with Gasteiger partial charge in [-0.05, 0) is 48.5 Å². The van der Waals surface area contributed by atoms with E-state index < -0.39 is 0 Å². The Labute approximate surface area is 207 Å². The molecule has 0 aliphatic carbocycles. The number of para-hydroxylation sites is 3. The maximum atomic E-state index is 4.57. The molecule has 3 heterocycles. The van der Waals surface area contributed by atoms with Crippen LogP contribution >= 0.6 is 0 Å². The van der Waals surface area contributed by atoms with Crippen molar-refractivity contribution in [3.05, 3.63) is 122 Å². The molecule has 4 aromatic carbocycles. The first-order valence-corrected chi connectivity index (χ1v) is 11.7. The molecule has 0 amide bonds. The van der Waals surface area contributed by atoms with Crippen molar-refractivity contribution in [2.24, 2.45) is 0 Å². The second kappa shape index (κ2) is 8.29. The summed E-state index contributed by atoms with van der Waals surface area (Å²) in [6, 6.07) is 35.6. The first kappa shape index (κ1) is 20.3. The first-order valence-electron chi connectivity index (χ1n) is 11.7. The Morgan fingerprint density at radius 3 is 1.78 bits per heavy atom.